The van der Waals surface area contributed by atoms with Gasteiger partial charge in [0.2, 0.25) is 29.5 Å². The first-order valence-corrected chi connectivity index (χ1v) is 18.3. The van der Waals surface area contributed by atoms with Crippen LogP contribution in [0.3, 0.4) is 0 Å². The summed E-state index contributed by atoms with van der Waals surface area (Å²) in [5.41, 5.74) is 7.51. The van der Waals surface area contributed by atoms with Gasteiger partial charge in [-0.2, -0.15) is 0 Å². The third kappa shape index (κ3) is 12.2. The molecule has 2 aromatic carbocycles. The van der Waals surface area contributed by atoms with E-state index in [2.05, 4.69) is 26.6 Å². The largest absolute Gasteiger partial charge is 0.508 e. The van der Waals surface area contributed by atoms with Gasteiger partial charge in [-0.1, -0.05) is 64.1 Å². The smallest absolute Gasteiger partial charge is 0.326 e. The molecule has 3 rings (SSSR count). The molecule has 1 saturated heterocycles. The molecule has 5 atom stereocenters. The van der Waals surface area contributed by atoms with E-state index in [1.54, 1.807) is 70.2 Å². The molecule has 0 spiro atoms. The van der Waals surface area contributed by atoms with Crippen molar-refractivity contribution in [2.75, 3.05) is 6.54 Å². The van der Waals surface area contributed by atoms with E-state index in [9.17, 15) is 48.9 Å². The van der Waals surface area contributed by atoms with Crippen LogP contribution in [0.1, 0.15) is 45.2 Å². The highest BCUT2D eigenvalue weighted by atomic mass is 33.1. The number of aromatic hydroxyl groups is 1. The van der Waals surface area contributed by atoms with Crippen molar-refractivity contribution in [1.29, 1.82) is 0 Å². The van der Waals surface area contributed by atoms with Gasteiger partial charge in [-0.3, -0.25) is 28.8 Å². The van der Waals surface area contributed by atoms with Crippen LogP contribution in [0.4, 0.5) is 0 Å². The first-order chi connectivity index (χ1) is 24.3. The maximum Gasteiger partial charge on any atom is 0.326 e. The lowest BCUT2D eigenvalue weighted by Crippen LogP contribution is -2.63. The van der Waals surface area contributed by atoms with Gasteiger partial charge < -0.3 is 47.6 Å². The number of carbonyl (C=O) groups excluding carboxylic acids is 5. The predicted octanol–water partition coefficient (Wildman–Crippen LogP) is 0.0716. The molecule has 0 bridgehead atoms. The number of benzene rings is 2. The molecule has 282 valence electrons. The molecular weight excluding hydrogens is 717 g/mol. The highest BCUT2D eigenvalue weighted by Crippen LogP contribution is 2.46. The summed E-state index contributed by atoms with van der Waals surface area (Å²) in [6, 6.07) is 7.78. The molecule has 0 aliphatic carbocycles. The maximum atomic E-state index is 13.8. The van der Waals surface area contributed by atoms with Crippen LogP contribution >= 0.6 is 21.6 Å². The van der Waals surface area contributed by atoms with Crippen LogP contribution in [0.15, 0.2) is 54.6 Å². The number of carboxylic acid groups (broad SMARTS) is 2. The Hall–Kier alpha value is -4.81. The quantitative estimate of drug-likeness (QED) is 0.138. The van der Waals surface area contributed by atoms with Crippen molar-refractivity contribution in [2.24, 2.45) is 5.73 Å². The molecule has 2 aromatic rings. The Labute approximate surface area is 308 Å². The monoisotopic (exact) mass is 760 g/mol. The molecule has 1 heterocycles. The number of nitrogens with one attached hydrogen (secondary N) is 5. The Kier molecular flexibility index (Phi) is 14.5. The summed E-state index contributed by atoms with van der Waals surface area (Å²) >= 11 is 0. The van der Waals surface area contributed by atoms with Gasteiger partial charge >= 0.3 is 11.9 Å². The molecule has 52 heavy (non-hydrogen) atoms. The first kappa shape index (κ1) is 41.6. The number of rotatable bonds is 11. The summed E-state index contributed by atoms with van der Waals surface area (Å²) in [4.78, 5) is 91.0. The third-order valence-electron chi connectivity index (χ3n) is 8.04. The van der Waals surface area contributed by atoms with Crippen molar-refractivity contribution in [1.82, 2.24) is 26.6 Å². The minimum absolute atomic E-state index is 0.0234. The molecule has 0 saturated carbocycles. The Bertz CT molecular complexity index is 1640. The van der Waals surface area contributed by atoms with Crippen LogP contribution in [0, 0.1) is 0 Å². The molecule has 16 nitrogen and oxygen atoms in total. The van der Waals surface area contributed by atoms with Crippen LogP contribution in [-0.2, 0) is 46.4 Å². The molecule has 0 aromatic heterocycles. The van der Waals surface area contributed by atoms with E-state index in [-0.39, 0.29) is 18.6 Å². The second-order valence-electron chi connectivity index (χ2n) is 13.3. The average molecular weight is 761 g/mol. The Balaban J connectivity index is 1.99. The van der Waals surface area contributed by atoms with E-state index < -0.39 is 94.1 Å². The average Bonchev–Trinajstić information content (AvgIpc) is 3.07. The zero-order valence-electron chi connectivity index (χ0n) is 29.0. The van der Waals surface area contributed by atoms with Crippen molar-refractivity contribution >= 4 is 63.1 Å². The second-order valence-corrected chi connectivity index (χ2v) is 16.7. The van der Waals surface area contributed by atoms with Crippen molar-refractivity contribution in [2.45, 2.75) is 86.7 Å². The van der Waals surface area contributed by atoms with Crippen LogP contribution < -0.4 is 32.3 Å². The molecule has 18 heteroatoms. The molecule has 1 aliphatic heterocycles. The minimum atomic E-state index is -1.83. The van der Waals surface area contributed by atoms with E-state index in [0.29, 0.717) is 11.1 Å². The van der Waals surface area contributed by atoms with Crippen molar-refractivity contribution in [3.8, 4) is 5.75 Å². The van der Waals surface area contributed by atoms with Gasteiger partial charge in [0, 0.05) is 15.9 Å². The highest BCUT2D eigenvalue weighted by Gasteiger charge is 2.45. The van der Waals surface area contributed by atoms with Crippen molar-refractivity contribution in [3.05, 3.63) is 65.7 Å². The first-order valence-electron chi connectivity index (χ1n) is 16.2. The van der Waals surface area contributed by atoms with Gasteiger partial charge in [-0.25, -0.2) is 4.79 Å². The maximum absolute atomic E-state index is 13.8. The topological polar surface area (TPSA) is 266 Å². The van der Waals surface area contributed by atoms with Crippen LogP contribution in [0.25, 0.3) is 0 Å². The van der Waals surface area contributed by atoms with Crippen LogP contribution in [0.5, 0.6) is 5.75 Å². The third-order valence-corrected chi connectivity index (χ3v) is 12.3. The number of phenolic OH excluding ortho intramolecular Hbond substituents is 1. The van der Waals surface area contributed by atoms with E-state index >= 15 is 0 Å². The number of amides is 5. The summed E-state index contributed by atoms with van der Waals surface area (Å²) in [6.45, 7) is 5.85. The number of carboxylic acids is 2. The zero-order chi connectivity index (χ0) is 38.8. The lowest BCUT2D eigenvalue weighted by atomic mass is 9.99. The lowest BCUT2D eigenvalue weighted by molar-refractivity contribution is -0.147. The van der Waals surface area contributed by atoms with Gasteiger partial charge in [0.15, 0.2) is 0 Å². The Morgan fingerprint density at radius 3 is 2.10 bits per heavy atom. The van der Waals surface area contributed by atoms with Gasteiger partial charge in [0.1, 0.15) is 29.9 Å². The number of carbonyl (C=O) groups is 7. The zero-order valence-corrected chi connectivity index (χ0v) is 30.6. The number of nitrogens with two attached hydrogens (primary N) is 1. The minimum Gasteiger partial charge on any atom is -0.508 e. The number of hydrogen-bond donors (Lipinski definition) is 9. The van der Waals surface area contributed by atoms with Crippen molar-refractivity contribution in [3.63, 3.8) is 0 Å². The van der Waals surface area contributed by atoms with Gasteiger partial charge in [0.25, 0.3) is 0 Å². The predicted molar refractivity (Wildman–Crippen MR) is 194 cm³/mol. The van der Waals surface area contributed by atoms with Crippen molar-refractivity contribution < 1.29 is 48.9 Å². The van der Waals surface area contributed by atoms with E-state index in [4.69, 9.17) is 5.73 Å². The number of hydrogen-bond acceptors (Lipinski definition) is 11. The lowest BCUT2D eigenvalue weighted by Gasteiger charge is -2.39. The molecule has 1 fully saturated rings. The normalized spacial score (nSPS) is 21.9. The number of phenols is 1. The van der Waals surface area contributed by atoms with Gasteiger partial charge in [-0.15, -0.1) is 0 Å². The summed E-state index contributed by atoms with van der Waals surface area (Å²) in [6.07, 6.45) is -0.879. The fraction of sp³-hybridized carbons (Fsp3) is 0.441. The standard InChI is InChI=1S/C34H44N6O10S2/c1-33(2)26(39-28(45)21(35)14-19-10-12-20(41)13-11-19)30(47)36-17-24(42)37-22(15-18-8-6-5-7-9-18)29(46)40-27(34(3,4)52-51-33)31(48)38-23(32(49)50)16-25(43)44/h5-13,21-23,26-27,41H,14-17,35H2,1-4H3,(H,36,47)(H,37,42)(H,38,48)(H,39,45)(H,40,46)(H,43,44)(H,49,50)/t21-,22-,23-,26?,27-/m0/s1. The highest BCUT2D eigenvalue weighted by molar-refractivity contribution is 8.77. The molecule has 10 N–H and O–H groups in total. The SMILES string of the molecule is CC1(C)SSC(C)(C)[C@H](C(=O)N[C@@H](CC(=O)O)C(=O)O)NC(=O)[C@H](Cc2ccccc2)NC(=O)CNC(=O)C1NC(=O)[C@@H](N)Cc1ccc(O)cc1. The molecule has 5 amide bonds. The van der Waals surface area contributed by atoms with Gasteiger partial charge in [-0.05, 0) is 57.4 Å². The fourth-order valence-corrected chi connectivity index (χ4v) is 7.92. The van der Waals surface area contributed by atoms with Crippen LogP contribution in [-0.4, -0.2) is 103 Å². The molecule has 1 aliphatic rings. The number of aliphatic carboxylic acids is 2. The summed E-state index contributed by atoms with van der Waals surface area (Å²) in [5.74, 6) is -7.02. The van der Waals surface area contributed by atoms with E-state index in [1.807, 2.05) is 0 Å². The Morgan fingerprint density at radius 2 is 1.50 bits per heavy atom. The second kappa shape index (κ2) is 18.1. The Morgan fingerprint density at radius 1 is 0.885 bits per heavy atom. The molecular formula is C34H44N6O10S2. The fourth-order valence-electron chi connectivity index (χ4n) is 5.10. The summed E-state index contributed by atoms with van der Waals surface area (Å²) in [7, 11) is 2.13. The molecule has 1 unspecified atom stereocenters. The van der Waals surface area contributed by atoms with E-state index in [1.165, 1.54) is 12.1 Å². The van der Waals surface area contributed by atoms with Gasteiger partial charge in [0.05, 0.1) is 19.0 Å². The van der Waals surface area contributed by atoms with Crippen LogP contribution in [0.2, 0.25) is 0 Å². The summed E-state index contributed by atoms with van der Waals surface area (Å²) < 4.78 is -2.46. The molecule has 0 radical (unpaired) electrons. The summed E-state index contributed by atoms with van der Waals surface area (Å²) in [5, 5.41) is 41.1. The van der Waals surface area contributed by atoms with E-state index in [0.717, 1.165) is 21.6 Å².